The molecule has 1 heterocycles. The van der Waals surface area contributed by atoms with Gasteiger partial charge in [-0.2, -0.15) is 0 Å². The van der Waals surface area contributed by atoms with Gasteiger partial charge in [0.2, 0.25) is 0 Å². The lowest BCUT2D eigenvalue weighted by Gasteiger charge is -2.20. The fourth-order valence-corrected chi connectivity index (χ4v) is 2.22. The van der Waals surface area contributed by atoms with Gasteiger partial charge in [-0.1, -0.05) is 12.1 Å². The van der Waals surface area contributed by atoms with Crippen molar-refractivity contribution < 1.29 is 19.4 Å². The molecule has 4 heteroatoms. The van der Waals surface area contributed by atoms with E-state index in [4.69, 9.17) is 14.6 Å². The van der Waals surface area contributed by atoms with Crippen molar-refractivity contribution in [1.82, 2.24) is 0 Å². The number of para-hydroxylation sites is 1. The summed E-state index contributed by atoms with van der Waals surface area (Å²) in [6, 6.07) is 5.85. The normalized spacial score (nSPS) is 16.4. The Bertz CT molecular complexity index is 517. The molecular formula is C16H22O4. The molecule has 1 N–H and O–H groups in total. The number of rotatable bonds is 5. The molecule has 0 saturated carbocycles. The van der Waals surface area contributed by atoms with Gasteiger partial charge in [0.05, 0.1) is 12.0 Å². The topological polar surface area (TPSA) is 55.8 Å². The first-order chi connectivity index (χ1) is 9.21. The Morgan fingerprint density at radius 3 is 2.80 bits per heavy atom. The van der Waals surface area contributed by atoms with E-state index in [-0.39, 0.29) is 5.60 Å². The zero-order valence-electron chi connectivity index (χ0n) is 12.5. The van der Waals surface area contributed by atoms with E-state index in [9.17, 15) is 4.79 Å². The van der Waals surface area contributed by atoms with Crippen LogP contribution >= 0.6 is 0 Å². The summed E-state index contributed by atoms with van der Waals surface area (Å²) in [6.45, 7) is 7.86. The van der Waals surface area contributed by atoms with Crippen molar-refractivity contribution in [3.05, 3.63) is 23.8 Å². The van der Waals surface area contributed by atoms with Crippen LogP contribution in [0.1, 0.15) is 39.7 Å². The first kappa shape index (κ1) is 14.7. The lowest BCUT2D eigenvalue weighted by molar-refractivity contribution is -0.147. The fourth-order valence-electron chi connectivity index (χ4n) is 2.22. The molecule has 110 valence electrons. The number of carboxylic acid groups (broad SMARTS) is 1. The van der Waals surface area contributed by atoms with Gasteiger partial charge in [0.1, 0.15) is 5.60 Å². The average molecular weight is 278 g/mol. The number of fused-ring (bicyclic) bond motifs is 1. The van der Waals surface area contributed by atoms with Crippen molar-refractivity contribution in [3.63, 3.8) is 0 Å². The first-order valence-corrected chi connectivity index (χ1v) is 6.88. The minimum atomic E-state index is -0.809. The molecule has 0 unspecified atom stereocenters. The van der Waals surface area contributed by atoms with Gasteiger partial charge in [-0.3, -0.25) is 4.79 Å². The van der Waals surface area contributed by atoms with Crippen molar-refractivity contribution in [2.75, 3.05) is 6.61 Å². The Morgan fingerprint density at radius 2 is 2.15 bits per heavy atom. The lowest BCUT2D eigenvalue weighted by atomic mass is 9.90. The third-order valence-corrected chi connectivity index (χ3v) is 3.62. The molecular weight excluding hydrogens is 256 g/mol. The van der Waals surface area contributed by atoms with Crippen LogP contribution in [0.3, 0.4) is 0 Å². The summed E-state index contributed by atoms with van der Waals surface area (Å²) in [7, 11) is 0. The van der Waals surface area contributed by atoms with Crippen LogP contribution in [0, 0.1) is 5.41 Å². The molecule has 0 aromatic heterocycles. The molecule has 2 rings (SSSR count). The molecule has 0 fully saturated rings. The third kappa shape index (κ3) is 3.06. The minimum absolute atomic E-state index is 0.206. The second-order valence-corrected chi connectivity index (χ2v) is 6.57. The molecule has 1 aliphatic heterocycles. The Labute approximate surface area is 119 Å². The van der Waals surface area contributed by atoms with E-state index in [0.29, 0.717) is 18.8 Å². The summed E-state index contributed by atoms with van der Waals surface area (Å²) >= 11 is 0. The maximum Gasteiger partial charge on any atom is 0.309 e. The summed E-state index contributed by atoms with van der Waals surface area (Å²) in [5, 5.41) is 9.08. The van der Waals surface area contributed by atoms with Crippen molar-refractivity contribution in [2.24, 2.45) is 5.41 Å². The van der Waals surface area contributed by atoms with Crippen LogP contribution in [-0.2, 0) is 11.2 Å². The van der Waals surface area contributed by atoms with Gasteiger partial charge >= 0.3 is 5.97 Å². The fraction of sp³-hybridized carbons (Fsp3) is 0.562. The average Bonchev–Trinajstić information content (AvgIpc) is 2.63. The summed E-state index contributed by atoms with van der Waals surface area (Å²) < 4.78 is 11.7. The number of aliphatic carboxylic acids is 1. The molecule has 0 spiro atoms. The van der Waals surface area contributed by atoms with Gasteiger partial charge in [0.25, 0.3) is 0 Å². The smallest absolute Gasteiger partial charge is 0.309 e. The molecule has 0 bridgehead atoms. The molecule has 0 radical (unpaired) electrons. The molecule has 1 aliphatic rings. The summed E-state index contributed by atoms with van der Waals surface area (Å²) in [5.74, 6) is 0.691. The van der Waals surface area contributed by atoms with Crippen molar-refractivity contribution in [3.8, 4) is 11.5 Å². The van der Waals surface area contributed by atoms with Crippen LogP contribution in [0.4, 0.5) is 0 Å². The number of hydrogen-bond donors (Lipinski definition) is 1. The molecule has 0 saturated heterocycles. The van der Waals surface area contributed by atoms with Gasteiger partial charge in [-0.25, -0.2) is 0 Å². The van der Waals surface area contributed by atoms with Crippen LogP contribution in [0.5, 0.6) is 11.5 Å². The standard InChI is InChI=1S/C16H22O4/c1-15(2,14(17)18)8-9-19-12-7-5-6-11-10-16(3,4)20-13(11)12/h5-7H,8-10H2,1-4H3,(H,17,18). The van der Waals surface area contributed by atoms with Crippen LogP contribution < -0.4 is 9.47 Å². The molecule has 20 heavy (non-hydrogen) atoms. The number of benzene rings is 1. The van der Waals surface area contributed by atoms with Gasteiger partial charge < -0.3 is 14.6 Å². The maximum atomic E-state index is 11.1. The van der Waals surface area contributed by atoms with E-state index in [2.05, 4.69) is 0 Å². The van der Waals surface area contributed by atoms with E-state index in [0.717, 1.165) is 17.7 Å². The Kier molecular flexibility index (Phi) is 3.67. The Morgan fingerprint density at radius 1 is 1.45 bits per heavy atom. The second-order valence-electron chi connectivity index (χ2n) is 6.57. The zero-order valence-corrected chi connectivity index (χ0v) is 12.5. The molecule has 1 aromatic carbocycles. The molecule has 0 atom stereocenters. The molecule has 0 aliphatic carbocycles. The summed E-state index contributed by atoms with van der Waals surface area (Å²) in [4.78, 5) is 11.1. The van der Waals surface area contributed by atoms with E-state index < -0.39 is 11.4 Å². The highest BCUT2D eigenvalue weighted by molar-refractivity contribution is 5.73. The van der Waals surface area contributed by atoms with Gasteiger partial charge in [0, 0.05) is 12.0 Å². The number of hydrogen-bond acceptors (Lipinski definition) is 3. The predicted molar refractivity (Wildman–Crippen MR) is 76.4 cm³/mol. The first-order valence-electron chi connectivity index (χ1n) is 6.88. The Balaban J connectivity index is 2.03. The third-order valence-electron chi connectivity index (χ3n) is 3.62. The largest absolute Gasteiger partial charge is 0.490 e. The van der Waals surface area contributed by atoms with Crippen molar-refractivity contribution in [2.45, 2.75) is 46.1 Å². The monoisotopic (exact) mass is 278 g/mol. The zero-order chi connectivity index (χ0) is 15.0. The van der Waals surface area contributed by atoms with Crippen LogP contribution in [0.15, 0.2) is 18.2 Å². The second kappa shape index (κ2) is 5.00. The van der Waals surface area contributed by atoms with Gasteiger partial charge in [-0.05, 0) is 40.2 Å². The van der Waals surface area contributed by atoms with Crippen molar-refractivity contribution >= 4 is 5.97 Å². The van der Waals surface area contributed by atoms with E-state index in [1.165, 1.54) is 0 Å². The van der Waals surface area contributed by atoms with Gasteiger partial charge in [0.15, 0.2) is 11.5 Å². The summed E-state index contributed by atoms with van der Waals surface area (Å²) in [6.07, 6.45) is 1.32. The highest BCUT2D eigenvalue weighted by Gasteiger charge is 2.32. The van der Waals surface area contributed by atoms with Crippen molar-refractivity contribution in [1.29, 1.82) is 0 Å². The summed E-state index contributed by atoms with van der Waals surface area (Å²) in [5.41, 5.74) is 0.158. The molecule has 0 amide bonds. The maximum absolute atomic E-state index is 11.1. The number of carboxylic acids is 1. The quantitative estimate of drug-likeness (QED) is 0.898. The Hall–Kier alpha value is -1.71. The lowest BCUT2D eigenvalue weighted by Crippen LogP contribution is -2.26. The number of carbonyl (C=O) groups is 1. The highest BCUT2D eigenvalue weighted by atomic mass is 16.5. The highest BCUT2D eigenvalue weighted by Crippen LogP contribution is 2.41. The van der Waals surface area contributed by atoms with E-state index >= 15 is 0 Å². The minimum Gasteiger partial charge on any atom is -0.490 e. The SMILES string of the molecule is CC1(C)Cc2cccc(OCCC(C)(C)C(=O)O)c2O1. The van der Waals surface area contributed by atoms with Crippen LogP contribution in [0.25, 0.3) is 0 Å². The van der Waals surface area contributed by atoms with Crippen LogP contribution in [-0.4, -0.2) is 23.3 Å². The predicted octanol–water partition coefficient (Wildman–Crippen LogP) is 3.28. The molecule has 4 nitrogen and oxygen atoms in total. The van der Waals surface area contributed by atoms with Crippen LogP contribution in [0.2, 0.25) is 0 Å². The van der Waals surface area contributed by atoms with E-state index in [1.54, 1.807) is 13.8 Å². The van der Waals surface area contributed by atoms with E-state index in [1.807, 2.05) is 32.0 Å². The molecule has 1 aromatic rings. The number of ether oxygens (including phenoxy) is 2. The van der Waals surface area contributed by atoms with Gasteiger partial charge in [-0.15, -0.1) is 0 Å².